The van der Waals surface area contributed by atoms with Crippen molar-refractivity contribution in [2.75, 3.05) is 6.61 Å². The van der Waals surface area contributed by atoms with Crippen LogP contribution in [0.15, 0.2) is 0 Å². The molecule has 0 heterocycles. The monoisotopic (exact) mass is 537 g/mol. The summed E-state index contributed by atoms with van der Waals surface area (Å²) in [5.74, 6) is 0.957. The third-order valence-corrected chi connectivity index (χ3v) is 8.54. The van der Waals surface area contributed by atoms with Crippen LogP contribution in [0, 0.1) is 5.92 Å². The summed E-state index contributed by atoms with van der Waals surface area (Å²) in [6, 6.07) is 0. The van der Waals surface area contributed by atoms with Gasteiger partial charge in [0.15, 0.2) is 0 Å². The molecular formula is C36H72O2. The van der Waals surface area contributed by atoms with Crippen LogP contribution >= 0.6 is 0 Å². The van der Waals surface area contributed by atoms with Crippen molar-refractivity contribution in [3.05, 3.63) is 0 Å². The zero-order chi connectivity index (χ0) is 27.8. The molecular weight excluding hydrogens is 464 g/mol. The molecule has 0 aliphatic carbocycles. The number of carbonyl (C=O) groups excluding carboxylic acids is 1. The molecule has 0 bridgehead atoms. The molecule has 0 fully saturated rings. The molecule has 0 aromatic carbocycles. The Kier molecular flexibility index (Phi) is 32.2. The first kappa shape index (κ1) is 37.5. The van der Waals surface area contributed by atoms with Crippen LogP contribution in [0.2, 0.25) is 0 Å². The molecule has 0 spiro atoms. The first-order chi connectivity index (χ1) is 18.7. The summed E-state index contributed by atoms with van der Waals surface area (Å²) >= 11 is 0. The summed E-state index contributed by atoms with van der Waals surface area (Å²) in [5.41, 5.74) is 0. The topological polar surface area (TPSA) is 26.3 Å². The Morgan fingerprint density at radius 2 is 0.816 bits per heavy atom. The standard InChI is InChI=1S/C36H72O2/c1-4-6-7-8-9-20-24-27-30-33-36(37)38-34-31-28-25-22-19-17-15-13-11-10-12-14-16-18-21-23-26-29-32-35(3)5-2/h35H,4-34H2,1-3H3. The van der Waals surface area contributed by atoms with Crippen molar-refractivity contribution in [3.8, 4) is 0 Å². The van der Waals surface area contributed by atoms with Gasteiger partial charge >= 0.3 is 5.97 Å². The van der Waals surface area contributed by atoms with Gasteiger partial charge in [-0.3, -0.25) is 4.79 Å². The van der Waals surface area contributed by atoms with Gasteiger partial charge < -0.3 is 4.74 Å². The van der Waals surface area contributed by atoms with Crippen LogP contribution in [0.25, 0.3) is 0 Å². The fourth-order valence-corrected chi connectivity index (χ4v) is 5.47. The number of ether oxygens (including phenoxy) is 1. The van der Waals surface area contributed by atoms with Gasteiger partial charge in [0, 0.05) is 6.42 Å². The maximum Gasteiger partial charge on any atom is 0.305 e. The Bertz CT molecular complexity index is 447. The highest BCUT2D eigenvalue weighted by atomic mass is 16.5. The summed E-state index contributed by atoms with van der Waals surface area (Å²) in [7, 11) is 0. The van der Waals surface area contributed by atoms with Gasteiger partial charge in [-0.2, -0.15) is 0 Å². The van der Waals surface area contributed by atoms with E-state index in [1.54, 1.807) is 0 Å². The van der Waals surface area contributed by atoms with E-state index in [4.69, 9.17) is 4.74 Å². The third kappa shape index (κ3) is 31.7. The minimum Gasteiger partial charge on any atom is -0.466 e. The smallest absolute Gasteiger partial charge is 0.305 e. The molecule has 1 unspecified atom stereocenters. The molecule has 38 heavy (non-hydrogen) atoms. The van der Waals surface area contributed by atoms with Crippen molar-refractivity contribution in [2.45, 2.75) is 213 Å². The van der Waals surface area contributed by atoms with E-state index in [1.165, 1.54) is 173 Å². The second-order valence-corrected chi connectivity index (χ2v) is 12.5. The molecule has 0 aliphatic heterocycles. The highest BCUT2D eigenvalue weighted by molar-refractivity contribution is 5.69. The Labute approximate surface area is 241 Å². The number of unbranched alkanes of at least 4 members (excludes halogenated alkanes) is 25. The predicted molar refractivity (Wildman–Crippen MR) is 170 cm³/mol. The predicted octanol–water partition coefficient (Wildman–Crippen LogP) is 12.9. The van der Waals surface area contributed by atoms with Crippen LogP contribution in [0.5, 0.6) is 0 Å². The molecule has 0 aromatic heterocycles. The van der Waals surface area contributed by atoms with E-state index in [0.717, 1.165) is 18.8 Å². The van der Waals surface area contributed by atoms with Crippen molar-refractivity contribution in [3.63, 3.8) is 0 Å². The number of rotatable bonds is 32. The van der Waals surface area contributed by atoms with Crippen LogP contribution in [0.4, 0.5) is 0 Å². The van der Waals surface area contributed by atoms with Crippen molar-refractivity contribution < 1.29 is 9.53 Å². The Hall–Kier alpha value is -0.530. The minimum atomic E-state index is 0.0239. The zero-order valence-corrected chi connectivity index (χ0v) is 26.8. The number of esters is 1. The second-order valence-electron chi connectivity index (χ2n) is 12.5. The molecule has 1 atom stereocenters. The number of carbonyl (C=O) groups is 1. The number of hydrogen-bond acceptors (Lipinski definition) is 2. The molecule has 0 amide bonds. The fraction of sp³-hybridized carbons (Fsp3) is 0.972. The van der Waals surface area contributed by atoms with E-state index in [9.17, 15) is 4.79 Å². The summed E-state index contributed by atoms with van der Waals surface area (Å²) in [6.45, 7) is 7.61. The quantitative estimate of drug-likeness (QED) is 0.0631. The Balaban J connectivity index is 3.13. The van der Waals surface area contributed by atoms with Crippen molar-refractivity contribution >= 4 is 5.97 Å². The van der Waals surface area contributed by atoms with E-state index in [2.05, 4.69) is 20.8 Å². The molecule has 0 N–H and O–H groups in total. The summed E-state index contributed by atoms with van der Waals surface area (Å²) in [6.07, 6.45) is 40.2. The van der Waals surface area contributed by atoms with E-state index < -0.39 is 0 Å². The van der Waals surface area contributed by atoms with Gasteiger partial charge in [-0.15, -0.1) is 0 Å². The highest BCUT2D eigenvalue weighted by Crippen LogP contribution is 2.16. The second kappa shape index (κ2) is 32.7. The van der Waals surface area contributed by atoms with Gasteiger partial charge in [0.05, 0.1) is 6.61 Å². The molecule has 0 saturated heterocycles. The van der Waals surface area contributed by atoms with Gasteiger partial charge in [0.1, 0.15) is 0 Å². The van der Waals surface area contributed by atoms with E-state index >= 15 is 0 Å². The fourth-order valence-electron chi connectivity index (χ4n) is 5.47. The summed E-state index contributed by atoms with van der Waals surface area (Å²) in [4.78, 5) is 11.8. The van der Waals surface area contributed by atoms with Gasteiger partial charge in [-0.25, -0.2) is 0 Å². The van der Waals surface area contributed by atoms with Crippen molar-refractivity contribution in [1.29, 1.82) is 0 Å². The SMILES string of the molecule is CCCCCCCCCCCC(=O)OCCCCCCCCCCCCCCCCCCCCC(C)CC. The largest absolute Gasteiger partial charge is 0.466 e. The molecule has 0 rings (SSSR count). The highest BCUT2D eigenvalue weighted by Gasteiger charge is 2.03. The normalized spacial score (nSPS) is 12.2. The average molecular weight is 537 g/mol. The molecule has 0 saturated carbocycles. The molecule has 0 radical (unpaired) electrons. The van der Waals surface area contributed by atoms with Crippen LogP contribution in [-0.2, 0) is 9.53 Å². The molecule has 0 aromatic rings. The van der Waals surface area contributed by atoms with Crippen LogP contribution in [0.1, 0.15) is 213 Å². The molecule has 228 valence electrons. The zero-order valence-electron chi connectivity index (χ0n) is 26.8. The van der Waals surface area contributed by atoms with Crippen molar-refractivity contribution in [1.82, 2.24) is 0 Å². The Morgan fingerprint density at radius 1 is 0.474 bits per heavy atom. The van der Waals surface area contributed by atoms with Gasteiger partial charge in [0.2, 0.25) is 0 Å². The van der Waals surface area contributed by atoms with Crippen LogP contribution in [-0.4, -0.2) is 12.6 Å². The molecule has 0 aliphatic rings. The first-order valence-corrected chi connectivity index (χ1v) is 17.9. The van der Waals surface area contributed by atoms with Crippen molar-refractivity contribution in [2.24, 2.45) is 5.92 Å². The lowest BCUT2D eigenvalue weighted by atomic mass is 9.99. The number of hydrogen-bond donors (Lipinski definition) is 0. The van der Waals surface area contributed by atoms with Gasteiger partial charge in [-0.1, -0.05) is 194 Å². The maximum absolute atomic E-state index is 11.8. The lowest BCUT2D eigenvalue weighted by Gasteiger charge is -2.07. The lowest BCUT2D eigenvalue weighted by Crippen LogP contribution is -2.05. The Morgan fingerprint density at radius 3 is 1.21 bits per heavy atom. The van der Waals surface area contributed by atoms with E-state index in [-0.39, 0.29) is 5.97 Å². The molecule has 2 heteroatoms. The van der Waals surface area contributed by atoms with Crippen LogP contribution < -0.4 is 0 Å². The third-order valence-electron chi connectivity index (χ3n) is 8.54. The maximum atomic E-state index is 11.8. The molecule has 2 nitrogen and oxygen atoms in total. The first-order valence-electron chi connectivity index (χ1n) is 17.9. The average Bonchev–Trinajstić information content (AvgIpc) is 2.92. The minimum absolute atomic E-state index is 0.0239. The summed E-state index contributed by atoms with van der Waals surface area (Å²) < 4.78 is 5.42. The van der Waals surface area contributed by atoms with Gasteiger partial charge in [0.25, 0.3) is 0 Å². The van der Waals surface area contributed by atoms with Crippen LogP contribution in [0.3, 0.4) is 0 Å². The van der Waals surface area contributed by atoms with E-state index in [1.807, 2.05) is 0 Å². The lowest BCUT2D eigenvalue weighted by molar-refractivity contribution is -0.143. The van der Waals surface area contributed by atoms with Gasteiger partial charge in [-0.05, 0) is 18.8 Å². The summed E-state index contributed by atoms with van der Waals surface area (Å²) in [5, 5.41) is 0. The van der Waals surface area contributed by atoms with E-state index in [0.29, 0.717) is 13.0 Å².